The van der Waals surface area contributed by atoms with Gasteiger partial charge in [-0.05, 0) is 30.0 Å². The highest BCUT2D eigenvalue weighted by Crippen LogP contribution is 2.18. The van der Waals surface area contributed by atoms with E-state index in [-0.39, 0.29) is 0 Å². The molecule has 0 aliphatic carbocycles. The summed E-state index contributed by atoms with van der Waals surface area (Å²) >= 11 is 0. The van der Waals surface area contributed by atoms with Gasteiger partial charge in [-0.3, -0.25) is 4.98 Å². The summed E-state index contributed by atoms with van der Waals surface area (Å²) in [7, 11) is 0. The van der Waals surface area contributed by atoms with Gasteiger partial charge in [0.2, 0.25) is 0 Å². The van der Waals surface area contributed by atoms with E-state index in [4.69, 9.17) is 5.73 Å². The molecule has 1 aromatic heterocycles. The molecule has 2 aromatic rings. The first kappa shape index (κ1) is 9.87. The number of aryl methyl sites for hydroxylation is 1. The third-order valence-corrected chi connectivity index (χ3v) is 2.43. The van der Waals surface area contributed by atoms with E-state index in [9.17, 15) is 0 Å². The molecular weight excluding hydrogens is 184 g/mol. The lowest BCUT2D eigenvalue weighted by atomic mass is 10.1. The average molecular weight is 198 g/mol. The zero-order valence-corrected chi connectivity index (χ0v) is 8.77. The molecule has 0 unspecified atom stereocenters. The molecule has 2 N–H and O–H groups in total. The van der Waals surface area contributed by atoms with Gasteiger partial charge in [-0.2, -0.15) is 0 Å². The molecule has 0 fully saturated rings. The molecule has 2 heteroatoms. The Kier molecular flexibility index (Phi) is 2.79. The summed E-state index contributed by atoms with van der Waals surface area (Å²) in [5.41, 5.74) is 7.67. The van der Waals surface area contributed by atoms with Crippen LogP contribution < -0.4 is 5.73 Å². The van der Waals surface area contributed by atoms with Gasteiger partial charge in [0.1, 0.15) is 0 Å². The Morgan fingerprint density at radius 2 is 2.20 bits per heavy atom. The number of nitrogens with two attached hydrogens (primary N) is 1. The number of hydrogen-bond donors (Lipinski definition) is 1. The van der Waals surface area contributed by atoms with Crippen molar-refractivity contribution in [3.8, 4) is 0 Å². The summed E-state index contributed by atoms with van der Waals surface area (Å²) in [5, 5.41) is 2.43. The van der Waals surface area contributed by atoms with E-state index in [1.54, 1.807) is 0 Å². The van der Waals surface area contributed by atoms with Gasteiger partial charge < -0.3 is 5.73 Å². The SMILES string of the molecule is Cc1nccc2cc(/C=C/CN)ccc12. The number of nitrogens with zero attached hydrogens (tertiary/aromatic N) is 1. The quantitative estimate of drug-likeness (QED) is 0.805. The molecule has 0 aliphatic rings. The van der Waals surface area contributed by atoms with Gasteiger partial charge >= 0.3 is 0 Å². The summed E-state index contributed by atoms with van der Waals surface area (Å²) in [6, 6.07) is 8.37. The lowest BCUT2D eigenvalue weighted by Crippen LogP contribution is -1.92. The molecule has 76 valence electrons. The lowest BCUT2D eigenvalue weighted by molar-refractivity contribution is 1.24. The third kappa shape index (κ3) is 2.05. The van der Waals surface area contributed by atoms with Crippen LogP contribution in [-0.4, -0.2) is 11.5 Å². The van der Waals surface area contributed by atoms with Crippen LogP contribution in [0.1, 0.15) is 11.3 Å². The Morgan fingerprint density at radius 1 is 1.33 bits per heavy atom. The predicted octanol–water partition coefficient (Wildman–Crippen LogP) is 2.52. The van der Waals surface area contributed by atoms with E-state index in [0.29, 0.717) is 6.54 Å². The second-order valence-electron chi connectivity index (χ2n) is 3.52. The maximum absolute atomic E-state index is 5.42. The van der Waals surface area contributed by atoms with Crippen molar-refractivity contribution in [2.24, 2.45) is 5.73 Å². The zero-order chi connectivity index (χ0) is 10.7. The molecule has 2 rings (SSSR count). The normalized spacial score (nSPS) is 11.3. The highest BCUT2D eigenvalue weighted by Gasteiger charge is 1.97. The molecule has 0 saturated heterocycles. The first-order valence-corrected chi connectivity index (χ1v) is 5.03. The zero-order valence-electron chi connectivity index (χ0n) is 8.77. The number of rotatable bonds is 2. The minimum absolute atomic E-state index is 0.577. The lowest BCUT2D eigenvalue weighted by Gasteiger charge is -2.01. The van der Waals surface area contributed by atoms with Crippen molar-refractivity contribution in [3.63, 3.8) is 0 Å². The summed E-state index contributed by atoms with van der Waals surface area (Å²) in [6.45, 7) is 2.60. The van der Waals surface area contributed by atoms with Gasteiger partial charge in [-0.25, -0.2) is 0 Å². The second-order valence-corrected chi connectivity index (χ2v) is 3.52. The molecule has 0 radical (unpaired) electrons. The fourth-order valence-corrected chi connectivity index (χ4v) is 1.66. The number of benzene rings is 1. The van der Waals surface area contributed by atoms with Crippen molar-refractivity contribution in [1.29, 1.82) is 0 Å². The van der Waals surface area contributed by atoms with Crippen LogP contribution in [0.25, 0.3) is 16.8 Å². The highest BCUT2D eigenvalue weighted by molar-refractivity contribution is 5.86. The van der Waals surface area contributed by atoms with Gasteiger partial charge in [0.05, 0.1) is 0 Å². The Labute approximate surface area is 89.4 Å². The highest BCUT2D eigenvalue weighted by atomic mass is 14.7. The van der Waals surface area contributed by atoms with E-state index in [1.165, 1.54) is 16.3 Å². The van der Waals surface area contributed by atoms with Crippen LogP contribution in [0.5, 0.6) is 0 Å². The Morgan fingerprint density at radius 3 is 3.00 bits per heavy atom. The number of pyridine rings is 1. The molecule has 0 spiro atoms. The van der Waals surface area contributed by atoms with E-state index < -0.39 is 0 Å². The summed E-state index contributed by atoms with van der Waals surface area (Å²) in [5.74, 6) is 0. The van der Waals surface area contributed by atoms with Crippen LogP contribution in [0, 0.1) is 6.92 Å². The van der Waals surface area contributed by atoms with Crippen molar-refractivity contribution < 1.29 is 0 Å². The molecule has 15 heavy (non-hydrogen) atoms. The van der Waals surface area contributed by atoms with Gasteiger partial charge in [0.25, 0.3) is 0 Å². The fourth-order valence-electron chi connectivity index (χ4n) is 1.66. The van der Waals surface area contributed by atoms with Crippen molar-refractivity contribution in [2.45, 2.75) is 6.92 Å². The average Bonchev–Trinajstić information content (AvgIpc) is 2.26. The van der Waals surface area contributed by atoms with Crippen LogP contribution in [0.3, 0.4) is 0 Å². The topological polar surface area (TPSA) is 38.9 Å². The van der Waals surface area contributed by atoms with Crippen molar-refractivity contribution >= 4 is 16.8 Å². The molecule has 0 aliphatic heterocycles. The first-order chi connectivity index (χ1) is 7.31. The standard InChI is InChI=1S/C13H14N2/c1-10-13-5-4-11(3-2-7-14)9-12(13)6-8-15-10/h2-6,8-9H,7,14H2,1H3/b3-2+. The molecule has 0 amide bonds. The smallest absolute Gasteiger partial charge is 0.0450 e. The van der Waals surface area contributed by atoms with Crippen LogP contribution in [0.2, 0.25) is 0 Å². The monoisotopic (exact) mass is 198 g/mol. The van der Waals surface area contributed by atoms with E-state index in [0.717, 1.165) is 5.69 Å². The molecule has 2 nitrogen and oxygen atoms in total. The number of fused-ring (bicyclic) bond motifs is 1. The third-order valence-electron chi connectivity index (χ3n) is 2.43. The summed E-state index contributed by atoms with van der Waals surface area (Å²) < 4.78 is 0. The van der Waals surface area contributed by atoms with Gasteiger partial charge in [-0.1, -0.05) is 24.3 Å². The Hall–Kier alpha value is -1.67. The molecule has 1 aromatic carbocycles. The van der Waals surface area contributed by atoms with Crippen molar-refractivity contribution in [2.75, 3.05) is 6.54 Å². The largest absolute Gasteiger partial charge is 0.327 e. The predicted molar refractivity (Wildman–Crippen MR) is 64.6 cm³/mol. The summed E-state index contributed by atoms with van der Waals surface area (Å²) in [4.78, 5) is 4.26. The van der Waals surface area contributed by atoms with Gasteiger partial charge in [0, 0.05) is 23.8 Å². The van der Waals surface area contributed by atoms with Crippen molar-refractivity contribution in [3.05, 3.63) is 47.8 Å². The van der Waals surface area contributed by atoms with Gasteiger partial charge in [0.15, 0.2) is 0 Å². The van der Waals surface area contributed by atoms with E-state index in [1.807, 2.05) is 31.3 Å². The number of aromatic nitrogens is 1. The summed E-state index contributed by atoms with van der Waals surface area (Å²) in [6.07, 6.45) is 5.83. The first-order valence-electron chi connectivity index (χ1n) is 5.03. The van der Waals surface area contributed by atoms with E-state index in [2.05, 4.69) is 23.2 Å². The van der Waals surface area contributed by atoms with E-state index >= 15 is 0 Å². The Bertz CT molecular complexity index is 501. The fraction of sp³-hybridized carbons (Fsp3) is 0.154. The van der Waals surface area contributed by atoms with Gasteiger partial charge in [-0.15, -0.1) is 0 Å². The molecular formula is C13H14N2. The van der Waals surface area contributed by atoms with Crippen LogP contribution in [-0.2, 0) is 0 Å². The molecule has 0 atom stereocenters. The minimum atomic E-state index is 0.577. The molecule has 0 saturated carbocycles. The Balaban J connectivity index is 2.52. The molecule has 0 bridgehead atoms. The molecule has 1 heterocycles. The maximum atomic E-state index is 5.42. The van der Waals surface area contributed by atoms with Crippen LogP contribution in [0.4, 0.5) is 0 Å². The minimum Gasteiger partial charge on any atom is -0.327 e. The van der Waals surface area contributed by atoms with Crippen molar-refractivity contribution in [1.82, 2.24) is 4.98 Å². The second kappa shape index (κ2) is 4.24. The van der Waals surface area contributed by atoms with Crippen LogP contribution in [0.15, 0.2) is 36.5 Å². The van der Waals surface area contributed by atoms with Crippen LogP contribution >= 0.6 is 0 Å². The maximum Gasteiger partial charge on any atom is 0.0450 e. The number of hydrogen-bond acceptors (Lipinski definition) is 2.